The van der Waals surface area contributed by atoms with Crippen molar-refractivity contribution in [3.05, 3.63) is 35.4 Å². The molecular weight excluding hydrogens is 280 g/mol. The second-order valence-corrected chi connectivity index (χ2v) is 5.92. The van der Waals surface area contributed by atoms with Crippen molar-refractivity contribution >= 4 is 5.97 Å². The lowest BCUT2D eigenvalue weighted by Crippen LogP contribution is -2.51. The number of carbonyl (C=O) groups excluding carboxylic acids is 1. The molecule has 122 valence electrons. The molecule has 1 N–H and O–H groups in total. The van der Waals surface area contributed by atoms with E-state index in [9.17, 15) is 4.79 Å². The lowest BCUT2D eigenvalue weighted by Gasteiger charge is -2.39. The number of piperazine rings is 1. The molecule has 0 aromatic heterocycles. The maximum absolute atomic E-state index is 11.2. The molecule has 0 saturated carbocycles. The van der Waals surface area contributed by atoms with Crippen LogP contribution in [0.1, 0.15) is 24.5 Å². The van der Waals surface area contributed by atoms with Gasteiger partial charge >= 0.3 is 5.97 Å². The molecule has 0 bridgehead atoms. The Morgan fingerprint density at radius 3 is 2.55 bits per heavy atom. The highest BCUT2D eigenvalue weighted by Crippen LogP contribution is 2.15. The molecule has 1 saturated heterocycles. The normalized spacial score (nSPS) is 20.0. The Kier molecular flexibility index (Phi) is 6.36. The van der Waals surface area contributed by atoms with E-state index >= 15 is 0 Å². The van der Waals surface area contributed by atoms with Crippen molar-refractivity contribution < 1.29 is 14.6 Å². The molecule has 0 aliphatic carbocycles. The first-order valence-electron chi connectivity index (χ1n) is 7.84. The zero-order chi connectivity index (χ0) is 15.9. The Hall–Kier alpha value is -1.43. The number of hydrogen-bond acceptors (Lipinski definition) is 5. The summed E-state index contributed by atoms with van der Waals surface area (Å²) in [6.07, 6.45) is 0.464. The van der Waals surface area contributed by atoms with E-state index < -0.39 is 0 Å². The van der Waals surface area contributed by atoms with Crippen molar-refractivity contribution in [2.45, 2.75) is 32.5 Å². The van der Waals surface area contributed by atoms with Gasteiger partial charge in [0.05, 0.1) is 20.1 Å². The van der Waals surface area contributed by atoms with Gasteiger partial charge in [-0.1, -0.05) is 24.3 Å². The SMILES string of the molecule is COC(=O)CCN1CCN(Cc2ccc(CO)cc2)C(C)C1. The van der Waals surface area contributed by atoms with E-state index in [0.29, 0.717) is 12.5 Å². The predicted molar refractivity (Wildman–Crippen MR) is 85.3 cm³/mol. The summed E-state index contributed by atoms with van der Waals surface area (Å²) in [5.74, 6) is -0.140. The van der Waals surface area contributed by atoms with Crippen LogP contribution in [0.2, 0.25) is 0 Å². The van der Waals surface area contributed by atoms with Gasteiger partial charge in [-0.25, -0.2) is 0 Å². The monoisotopic (exact) mass is 306 g/mol. The highest BCUT2D eigenvalue weighted by Gasteiger charge is 2.23. The largest absolute Gasteiger partial charge is 0.469 e. The molecule has 1 fully saturated rings. The van der Waals surface area contributed by atoms with Gasteiger partial charge in [0.2, 0.25) is 0 Å². The summed E-state index contributed by atoms with van der Waals surface area (Å²) in [5, 5.41) is 9.08. The third-order valence-corrected chi connectivity index (χ3v) is 4.30. The van der Waals surface area contributed by atoms with Crippen LogP contribution in [0.3, 0.4) is 0 Å². The van der Waals surface area contributed by atoms with E-state index in [-0.39, 0.29) is 12.6 Å². The number of aliphatic hydroxyl groups is 1. The summed E-state index contributed by atoms with van der Waals surface area (Å²) >= 11 is 0. The van der Waals surface area contributed by atoms with Crippen LogP contribution in [0.4, 0.5) is 0 Å². The smallest absolute Gasteiger partial charge is 0.306 e. The predicted octanol–water partition coefficient (Wildman–Crippen LogP) is 1.25. The second kappa shape index (κ2) is 8.27. The molecular formula is C17H26N2O3. The molecule has 1 aliphatic heterocycles. The quantitative estimate of drug-likeness (QED) is 0.802. The van der Waals surface area contributed by atoms with Crippen LogP contribution >= 0.6 is 0 Å². The zero-order valence-corrected chi connectivity index (χ0v) is 13.5. The Labute approximate surface area is 132 Å². The van der Waals surface area contributed by atoms with Crippen LogP contribution in [0.15, 0.2) is 24.3 Å². The number of benzene rings is 1. The summed E-state index contributed by atoms with van der Waals surface area (Å²) in [4.78, 5) is 16.0. The number of carbonyl (C=O) groups is 1. The summed E-state index contributed by atoms with van der Waals surface area (Å²) in [5.41, 5.74) is 2.22. The summed E-state index contributed by atoms with van der Waals surface area (Å²) in [6.45, 7) is 6.99. The third kappa shape index (κ3) is 4.80. The Balaban J connectivity index is 1.81. The van der Waals surface area contributed by atoms with Gasteiger partial charge in [0.25, 0.3) is 0 Å². The lowest BCUT2D eigenvalue weighted by molar-refractivity contribution is -0.141. The third-order valence-electron chi connectivity index (χ3n) is 4.30. The van der Waals surface area contributed by atoms with Gasteiger partial charge in [-0.15, -0.1) is 0 Å². The van der Waals surface area contributed by atoms with Crippen LogP contribution in [0.25, 0.3) is 0 Å². The van der Waals surface area contributed by atoms with Crippen molar-refractivity contribution in [3.63, 3.8) is 0 Å². The Morgan fingerprint density at radius 1 is 1.27 bits per heavy atom. The molecule has 5 nitrogen and oxygen atoms in total. The average molecular weight is 306 g/mol. The molecule has 5 heteroatoms. The van der Waals surface area contributed by atoms with Crippen molar-refractivity contribution in [1.82, 2.24) is 9.80 Å². The van der Waals surface area contributed by atoms with Gasteiger partial charge in [-0.3, -0.25) is 14.6 Å². The molecule has 0 amide bonds. The standard InChI is InChI=1S/C17H26N2O3/c1-14-11-18(8-7-17(21)22-2)9-10-19(14)12-15-3-5-16(13-20)6-4-15/h3-6,14,20H,7-13H2,1-2H3. The highest BCUT2D eigenvalue weighted by molar-refractivity contribution is 5.69. The number of rotatable bonds is 6. The molecule has 1 aliphatic rings. The van der Waals surface area contributed by atoms with Crippen LogP contribution in [0.5, 0.6) is 0 Å². The van der Waals surface area contributed by atoms with E-state index in [1.807, 2.05) is 12.1 Å². The van der Waals surface area contributed by atoms with E-state index in [4.69, 9.17) is 9.84 Å². The fourth-order valence-corrected chi connectivity index (χ4v) is 2.84. The second-order valence-electron chi connectivity index (χ2n) is 5.92. The van der Waals surface area contributed by atoms with Crippen LogP contribution in [0, 0.1) is 0 Å². The minimum Gasteiger partial charge on any atom is -0.469 e. The lowest BCUT2D eigenvalue weighted by atomic mass is 10.1. The van der Waals surface area contributed by atoms with Gasteiger partial charge in [-0.05, 0) is 18.1 Å². The first-order chi connectivity index (χ1) is 10.6. The number of nitrogens with zero attached hydrogens (tertiary/aromatic N) is 2. The van der Waals surface area contributed by atoms with Gasteiger partial charge in [0, 0.05) is 38.8 Å². The van der Waals surface area contributed by atoms with E-state index in [1.54, 1.807) is 0 Å². The molecule has 1 heterocycles. The highest BCUT2D eigenvalue weighted by atomic mass is 16.5. The Bertz CT molecular complexity index is 475. The van der Waals surface area contributed by atoms with Crippen molar-refractivity contribution in [2.75, 3.05) is 33.3 Å². The number of aliphatic hydroxyl groups excluding tert-OH is 1. The fourth-order valence-electron chi connectivity index (χ4n) is 2.84. The van der Waals surface area contributed by atoms with Crippen LogP contribution in [-0.2, 0) is 22.7 Å². The fraction of sp³-hybridized carbons (Fsp3) is 0.588. The summed E-state index contributed by atoms with van der Waals surface area (Å²) in [6, 6.07) is 8.59. The van der Waals surface area contributed by atoms with Crippen LogP contribution in [-0.4, -0.2) is 60.2 Å². The van der Waals surface area contributed by atoms with Gasteiger partial charge < -0.3 is 9.84 Å². The molecule has 22 heavy (non-hydrogen) atoms. The first kappa shape index (κ1) is 16.9. The summed E-state index contributed by atoms with van der Waals surface area (Å²) < 4.78 is 4.69. The van der Waals surface area contributed by atoms with Crippen molar-refractivity contribution in [2.24, 2.45) is 0 Å². The van der Waals surface area contributed by atoms with Gasteiger partial charge in [0.1, 0.15) is 0 Å². The summed E-state index contributed by atoms with van der Waals surface area (Å²) in [7, 11) is 1.44. The van der Waals surface area contributed by atoms with Gasteiger partial charge in [-0.2, -0.15) is 0 Å². The minimum absolute atomic E-state index is 0.0928. The van der Waals surface area contributed by atoms with E-state index in [0.717, 1.165) is 38.3 Å². The molecule has 2 rings (SSSR count). The maximum Gasteiger partial charge on any atom is 0.306 e. The van der Waals surface area contributed by atoms with Crippen LogP contribution < -0.4 is 0 Å². The minimum atomic E-state index is -0.140. The molecule has 0 radical (unpaired) electrons. The number of methoxy groups -OCH3 is 1. The van der Waals surface area contributed by atoms with E-state index in [1.165, 1.54) is 12.7 Å². The molecule has 1 atom stereocenters. The average Bonchev–Trinajstić information content (AvgIpc) is 2.55. The topological polar surface area (TPSA) is 53.0 Å². The van der Waals surface area contributed by atoms with Crippen molar-refractivity contribution in [3.8, 4) is 0 Å². The molecule has 1 aromatic rings. The van der Waals surface area contributed by atoms with E-state index in [2.05, 4.69) is 28.9 Å². The molecule has 0 spiro atoms. The molecule has 1 aromatic carbocycles. The molecule has 1 unspecified atom stereocenters. The zero-order valence-electron chi connectivity index (χ0n) is 13.5. The van der Waals surface area contributed by atoms with Crippen molar-refractivity contribution in [1.29, 1.82) is 0 Å². The number of esters is 1. The maximum atomic E-state index is 11.2. The first-order valence-corrected chi connectivity index (χ1v) is 7.84. The Morgan fingerprint density at radius 2 is 1.95 bits per heavy atom. The van der Waals surface area contributed by atoms with Gasteiger partial charge in [0.15, 0.2) is 0 Å². The number of hydrogen-bond donors (Lipinski definition) is 1. The number of ether oxygens (including phenoxy) is 1.